The van der Waals surface area contributed by atoms with Gasteiger partial charge in [0.1, 0.15) is 0 Å². The fourth-order valence-corrected chi connectivity index (χ4v) is 4.42. The first-order chi connectivity index (χ1) is 6.04. The van der Waals surface area contributed by atoms with Crippen LogP contribution in [0.2, 0.25) is 0 Å². The van der Waals surface area contributed by atoms with Gasteiger partial charge in [0, 0.05) is 26.2 Å². The van der Waals surface area contributed by atoms with Gasteiger partial charge in [-0.15, -0.1) is 9.34 Å². The highest BCUT2D eigenvalue weighted by atomic mass is 31.2. The molecule has 0 saturated carbocycles. The highest BCUT2D eigenvalue weighted by Crippen LogP contribution is 2.53. The second-order valence-electron chi connectivity index (χ2n) is 3.26. The first kappa shape index (κ1) is 13.3. The van der Waals surface area contributed by atoms with Crippen molar-refractivity contribution in [3.63, 3.8) is 0 Å². The molecular formula is C9H25N3P+. The highest BCUT2D eigenvalue weighted by Gasteiger charge is 2.39. The maximum atomic E-state index is 6.41. The van der Waals surface area contributed by atoms with Gasteiger partial charge in [-0.05, 0) is 27.7 Å². The molecule has 0 rings (SSSR count). The van der Waals surface area contributed by atoms with Gasteiger partial charge in [-0.3, -0.25) is 0 Å². The van der Waals surface area contributed by atoms with E-state index in [2.05, 4.69) is 43.7 Å². The van der Waals surface area contributed by atoms with Crippen molar-refractivity contribution < 1.29 is 0 Å². The Morgan fingerprint density at radius 3 is 1.23 bits per heavy atom. The van der Waals surface area contributed by atoms with Crippen LogP contribution < -0.4 is 5.50 Å². The fraction of sp³-hybridized carbons (Fsp3) is 1.00. The molecule has 0 aromatic heterocycles. The molecule has 0 amide bonds. The zero-order valence-electron chi connectivity index (χ0n) is 9.75. The summed E-state index contributed by atoms with van der Waals surface area (Å²) >= 11 is 0. The van der Waals surface area contributed by atoms with Crippen LogP contribution in [0.1, 0.15) is 27.7 Å². The first-order valence-corrected chi connectivity index (χ1v) is 7.41. The molecule has 2 N–H and O–H groups in total. The minimum atomic E-state index is -1.50. The van der Waals surface area contributed by atoms with E-state index in [0.29, 0.717) is 0 Å². The van der Waals surface area contributed by atoms with Gasteiger partial charge >= 0.3 is 0 Å². The van der Waals surface area contributed by atoms with Gasteiger partial charge in [0.05, 0.1) is 6.66 Å². The van der Waals surface area contributed by atoms with Crippen LogP contribution in [0.4, 0.5) is 0 Å². The van der Waals surface area contributed by atoms with Crippen molar-refractivity contribution in [1.29, 1.82) is 0 Å². The molecule has 0 aromatic carbocycles. The summed E-state index contributed by atoms with van der Waals surface area (Å²) < 4.78 is 4.78. The van der Waals surface area contributed by atoms with Gasteiger partial charge in [0.2, 0.25) is 7.71 Å². The van der Waals surface area contributed by atoms with E-state index >= 15 is 0 Å². The van der Waals surface area contributed by atoms with Crippen molar-refractivity contribution in [2.24, 2.45) is 5.50 Å². The van der Waals surface area contributed by atoms with E-state index in [1.807, 2.05) is 0 Å². The van der Waals surface area contributed by atoms with Crippen LogP contribution in [-0.2, 0) is 0 Å². The second-order valence-corrected chi connectivity index (χ2v) is 6.34. The summed E-state index contributed by atoms with van der Waals surface area (Å²) in [7, 11) is -1.50. The molecule has 0 aliphatic rings. The van der Waals surface area contributed by atoms with Crippen LogP contribution >= 0.6 is 7.71 Å². The molecule has 80 valence electrons. The summed E-state index contributed by atoms with van der Waals surface area (Å²) in [4.78, 5) is 0. The maximum Gasteiger partial charge on any atom is 0.218 e. The van der Waals surface area contributed by atoms with Crippen LogP contribution in [0.5, 0.6) is 0 Å². The lowest BCUT2D eigenvalue weighted by atomic mass is 10.7. The molecular weight excluding hydrogens is 181 g/mol. The Balaban J connectivity index is 4.48. The molecule has 3 nitrogen and oxygen atoms in total. The fourth-order valence-electron chi connectivity index (χ4n) is 1.77. The van der Waals surface area contributed by atoms with E-state index in [9.17, 15) is 0 Å². The normalized spacial score (nSPS) is 12.9. The zero-order valence-corrected chi connectivity index (χ0v) is 10.6. The Hall–Kier alpha value is 0.310. The van der Waals surface area contributed by atoms with Crippen LogP contribution in [-0.4, -0.2) is 42.2 Å². The largest absolute Gasteiger partial charge is 0.218 e. The Labute approximate surface area is 83.8 Å². The number of rotatable bonds is 6. The number of hydrogen-bond donors (Lipinski definition) is 1. The van der Waals surface area contributed by atoms with Crippen molar-refractivity contribution in [2.45, 2.75) is 27.7 Å². The van der Waals surface area contributed by atoms with E-state index in [-0.39, 0.29) is 0 Å². The van der Waals surface area contributed by atoms with Gasteiger partial charge in [0.25, 0.3) is 0 Å². The lowest BCUT2D eigenvalue weighted by Gasteiger charge is -2.35. The summed E-state index contributed by atoms with van der Waals surface area (Å²) in [6.07, 6.45) is 0. The number of nitrogens with zero attached hydrogens (tertiary/aromatic N) is 2. The van der Waals surface area contributed by atoms with Crippen LogP contribution in [0.25, 0.3) is 0 Å². The van der Waals surface area contributed by atoms with E-state index < -0.39 is 7.71 Å². The Kier molecular flexibility index (Phi) is 6.06. The molecule has 0 aliphatic heterocycles. The predicted molar refractivity (Wildman–Crippen MR) is 62.9 cm³/mol. The Bertz CT molecular complexity index is 117. The lowest BCUT2D eigenvalue weighted by molar-refractivity contribution is 0.409. The van der Waals surface area contributed by atoms with Gasteiger partial charge < -0.3 is 0 Å². The highest BCUT2D eigenvalue weighted by molar-refractivity contribution is 7.68. The number of nitrogens with two attached hydrogens (primary N) is 1. The third-order valence-corrected chi connectivity index (χ3v) is 6.03. The van der Waals surface area contributed by atoms with E-state index in [1.165, 1.54) is 0 Å². The molecule has 0 saturated heterocycles. The van der Waals surface area contributed by atoms with Crippen molar-refractivity contribution in [1.82, 2.24) is 9.34 Å². The number of hydrogen-bond acceptors (Lipinski definition) is 3. The quantitative estimate of drug-likeness (QED) is 0.675. The molecule has 0 fully saturated rings. The standard InChI is InChI=1S/C9H25N3P/c1-6-11(7-2)13(5,10)12(8-3)9-4/h6-10H2,1-5H3/q+1. The van der Waals surface area contributed by atoms with Crippen LogP contribution in [0.3, 0.4) is 0 Å². The molecule has 0 spiro atoms. The molecule has 4 heteroatoms. The molecule has 13 heavy (non-hydrogen) atoms. The van der Waals surface area contributed by atoms with E-state index in [4.69, 9.17) is 5.50 Å². The van der Waals surface area contributed by atoms with Crippen molar-refractivity contribution in [2.75, 3.05) is 32.8 Å². The first-order valence-electron chi connectivity index (χ1n) is 5.20. The SMILES string of the molecule is CCN(CC)[P+](C)(N)N(CC)CC. The van der Waals surface area contributed by atoms with Crippen LogP contribution in [0, 0.1) is 0 Å². The minimum Gasteiger partial charge on any atom is -0.174 e. The van der Waals surface area contributed by atoms with Crippen LogP contribution in [0.15, 0.2) is 0 Å². The average molecular weight is 206 g/mol. The smallest absolute Gasteiger partial charge is 0.174 e. The van der Waals surface area contributed by atoms with Gasteiger partial charge in [-0.25, -0.2) is 0 Å². The lowest BCUT2D eigenvalue weighted by Crippen LogP contribution is -2.39. The molecule has 0 bridgehead atoms. The molecule has 0 atom stereocenters. The molecule has 0 heterocycles. The van der Waals surface area contributed by atoms with Gasteiger partial charge in [-0.1, -0.05) is 0 Å². The van der Waals surface area contributed by atoms with Crippen molar-refractivity contribution in [3.8, 4) is 0 Å². The van der Waals surface area contributed by atoms with Gasteiger partial charge in [-0.2, -0.15) is 5.50 Å². The summed E-state index contributed by atoms with van der Waals surface area (Å²) in [6.45, 7) is 15.1. The van der Waals surface area contributed by atoms with E-state index in [0.717, 1.165) is 26.2 Å². The topological polar surface area (TPSA) is 32.5 Å². The predicted octanol–water partition coefficient (Wildman–Crippen LogP) is 2.02. The molecule has 0 aromatic rings. The van der Waals surface area contributed by atoms with Crippen molar-refractivity contribution in [3.05, 3.63) is 0 Å². The molecule has 0 unspecified atom stereocenters. The minimum absolute atomic E-state index is 1.05. The monoisotopic (exact) mass is 206 g/mol. The van der Waals surface area contributed by atoms with Gasteiger partial charge in [0.15, 0.2) is 0 Å². The summed E-state index contributed by atoms with van der Waals surface area (Å²) in [6, 6.07) is 0. The Morgan fingerprint density at radius 2 is 1.08 bits per heavy atom. The summed E-state index contributed by atoms with van der Waals surface area (Å²) in [5.41, 5.74) is 6.41. The zero-order chi connectivity index (χ0) is 10.5. The maximum absolute atomic E-state index is 6.41. The third kappa shape index (κ3) is 3.17. The average Bonchev–Trinajstić information content (AvgIpc) is 2.07. The van der Waals surface area contributed by atoms with Crippen molar-refractivity contribution >= 4 is 7.71 Å². The molecule has 0 aliphatic carbocycles. The van der Waals surface area contributed by atoms with E-state index in [1.54, 1.807) is 0 Å². The summed E-state index contributed by atoms with van der Waals surface area (Å²) in [5.74, 6) is 0. The Morgan fingerprint density at radius 1 is 0.846 bits per heavy atom. The second kappa shape index (κ2) is 5.92. The summed E-state index contributed by atoms with van der Waals surface area (Å²) in [5, 5.41) is 0. The third-order valence-electron chi connectivity index (χ3n) is 2.61. The molecule has 0 radical (unpaired) electrons.